The van der Waals surface area contributed by atoms with E-state index in [0.717, 1.165) is 37.9 Å². The second-order valence-corrected chi connectivity index (χ2v) is 10.2. The maximum absolute atomic E-state index is 13.5. The first-order valence-corrected chi connectivity index (χ1v) is 12.1. The minimum atomic E-state index is -0.156. The summed E-state index contributed by atoms with van der Waals surface area (Å²) in [5.74, 6) is 1.20. The zero-order chi connectivity index (χ0) is 22.3. The quantitative estimate of drug-likeness (QED) is 0.507. The lowest BCUT2D eigenvalue weighted by Gasteiger charge is -2.32. The summed E-state index contributed by atoms with van der Waals surface area (Å²) in [4.78, 5) is 35.8. The molecule has 4 heterocycles. The van der Waals surface area contributed by atoms with Crippen molar-refractivity contribution in [3.8, 4) is 0 Å². The van der Waals surface area contributed by atoms with Crippen LogP contribution in [0.2, 0.25) is 0 Å². The summed E-state index contributed by atoms with van der Waals surface area (Å²) in [6, 6.07) is 3.86. The van der Waals surface area contributed by atoms with E-state index in [4.69, 9.17) is 17.2 Å². The fourth-order valence-electron chi connectivity index (χ4n) is 4.01. The minimum Gasteiger partial charge on any atom is -0.356 e. The van der Waals surface area contributed by atoms with Crippen LogP contribution < -0.4 is 10.5 Å². The van der Waals surface area contributed by atoms with Gasteiger partial charge in [0.25, 0.3) is 11.5 Å². The number of nitrogens with zero attached hydrogens (tertiary/aromatic N) is 4. The summed E-state index contributed by atoms with van der Waals surface area (Å²) in [7, 11) is 0. The number of pyridine rings is 1. The first kappa shape index (κ1) is 22.0. The standard InChI is InChI=1S/C23H28N4O2S2/c1-5-16(4)27-22(29)18(31-23(27)30)12-17-20(25-10-8-14(2)9-11-25)24-19-7-6-15(3)13-26(19)21(17)28/h6-7,12-14,16H,5,8-11H2,1-4H3/b18-12+. The molecule has 0 radical (unpaired) electrons. The van der Waals surface area contributed by atoms with Crippen LogP contribution in [-0.4, -0.2) is 43.6 Å². The normalized spacial score (nSPS) is 20.3. The number of carbonyl (C=O) groups is 1. The van der Waals surface area contributed by atoms with Crippen LogP contribution in [-0.2, 0) is 4.79 Å². The summed E-state index contributed by atoms with van der Waals surface area (Å²) in [6.07, 6.45) is 6.44. The lowest BCUT2D eigenvalue weighted by molar-refractivity contribution is -0.123. The van der Waals surface area contributed by atoms with E-state index >= 15 is 0 Å². The van der Waals surface area contributed by atoms with Crippen molar-refractivity contribution >= 4 is 51.7 Å². The Labute approximate surface area is 192 Å². The second-order valence-electron chi connectivity index (χ2n) is 8.57. The molecule has 2 aromatic heterocycles. The molecule has 0 saturated carbocycles. The largest absolute Gasteiger partial charge is 0.356 e. The number of anilines is 1. The topological polar surface area (TPSA) is 57.9 Å². The van der Waals surface area contributed by atoms with Gasteiger partial charge in [-0.25, -0.2) is 4.98 Å². The molecule has 2 aliphatic rings. The highest BCUT2D eigenvalue weighted by Crippen LogP contribution is 2.35. The SMILES string of the molecule is CCC(C)N1C(=O)/C(=C\c2c(N3CCC(C)CC3)nc3ccc(C)cn3c2=O)SC1=S. The number of piperidine rings is 1. The van der Waals surface area contributed by atoms with Gasteiger partial charge in [0.1, 0.15) is 15.8 Å². The number of thioether (sulfide) groups is 1. The van der Waals surface area contributed by atoms with Gasteiger partial charge in [0.15, 0.2) is 0 Å². The Kier molecular flexibility index (Phi) is 6.21. The lowest BCUT2D eigenvalue weighted by Crippen LogP contribution is -2.36. The van der Waals surface area contributed by atoms with E-state index < -0.39 is 0 Å². The van der Waals surface area contributed by atoms with Gasteiger partial charge in [-0.1, -0.05) is 43.9 Å². The smallest absolute Gasteiger partial charge is 0.267 e. The number of hydrogen-bond acceptors (Lipinski definition) is 6. The summed E-state index contributed by atoms with van der Waals surface area (Å²) >= 11 is 6.74. The van der Waals surface area contributed by atoms with Crippen molar-refractivity contribution in [3.05, 3.63) is 44.7 Å². The van der Waals surface area contributed by atoms with E-state index in [-0.39, 0.29) is 17.5 Å². The van der Waals surface area contributed by atoms with Gasteiger partial charge in [-0.05, 0) is 56.7 Å². The number of aryl methyl sites for hydroxylation is 1. The van der Waals surface area contributed by atoms with Crippen LogP contribution in [0.1, 0.15) is 51.2 Å². The summed E-state index contributed by atoms with van der Waals surface area (Å²) in [5, 5.41) is 0. The van der Waals surface area contributed by atoms with E-state index in [9.17, 15) is 9.59 Å². The highest BCUT2D eigenvalue weighted by atomic mass is 32.2. The molecule has 164 valence electrons. The van der Waals surface area contributed by atoms with E-state index in [1.807, 2.05) is 32.9 Å². The number of aromatic nitrogens is 2. The van der Waals surface area contributed by atoms with Gasteiger partial charge in [0.05, 0.1) is 10.5 Å². The Morgan fingerprint density at radius 2 is 2.00 bits per heavy atom. The Balaban J connectivity index is 1.86. The number of hydrogen-bond donors (Lipinski definition) is 0. The van der Waals surface area contributed by atoms with E-state index in [1.165, 1.54) is 11.8 Å². The molecule has 8 heteroatoms. The van der Waals surface area contributed by atoms with Crippen molar-refractivity contribution in [1.82, 2.24) is 14.3 Å². The fraction of sp³-hybridized carbons (Fsp3) is 0.478. The zero-order valence-electron chi connectivity index (χ0n) is 18.4. The summed E-state index contributed by atoms with van der Waals surface area (Å²) in [6.45, 7) is 9.93. The third-order valence-electron chi connectivity index (χ3n) is 6.20. The number of thiocarbonyl (C=S) groups is 1. The average Bonchev–Trinajstić information content (AvgIpc) is 3.03. The molecule has 2 saturated heterocycles. The van der Waals surface area contributed by atoms with Crippen molar-refractivity contribution in [2.45, 2.75) is 53.0 Å². The summed E-state index contributed by atoms with van der Waals surface area (Å²) in [5.41, 5.74) is 1.90. The number of rotatable bonds is 4. The van der Waals surface area contributed by atoms with Crippen LogP contribution in [0.15, 0.2) is 28.0 Å². The molecule has 0 N–H and O–H groups in total. The molecule has 6 nitrogen and oxygen atoms in total. The molecule has 2 fully saturated rings. The number of amides is 1. The highest BCUT2D eigenvalue weighted by molar-refractivity contribution is 8.26. The first-order chi connectivity index (χ1) is 14.8. The maximum atomic E-state index is 13.5. The molecule has 2 aliphatic heterocycles. The Bertz CT molecular complexity index is 1130. The van der Waals surface area contributed by atoms with E-state index in [2.05, 4.69) is 11.8 Å². The maximum Gasteiger partial charge on any atom is 0.267 e. The van der Waals surface area contributed by atoms with Crippen LogP contribution in [0.25, 0.3) is 11.7 Å². The van der Waals surface area contributed by atoms with Crippen LogP contribution in [0.5, 0.6) is 0 Å². The van der Waals surface area contributed by atoms with Gasteiger partial charge in [0.2, 0.25) is 0 Å². The van der Waals surface area contributed by atoms with Crippen molar-refractivity contribution in [3.63, 3.8) is 0 Å². The molecule has 4 rings (SSSR count). The van der Waals surface area contributed by atoms with Gasteiger partial charge < -0.3 is 4.90 Å². The predicted octanol–water partition coefficient (Wildman–Crippen LogP) is 4.24. The third-order valence-corrected chi connectivity index (χ3v) is 7.53. The van der Waals surface area contributed by atoms with Gasteiger partial charge in [0, 0.05) is 25.3 Å². The fourth-order valence-corrected chi connectivity index (χ4v) is 5.45. The van der Waals surface area contributed by atoms with Crippen LogP contribution in [0.4, 0.5) is 5.82 Å². The number of carbonyl (C=O) groups excluding carboxylic acids is 1. The van der Waals surface area contributed by atoms with Crippen LogP contribution >= 0.6 is 24.0 Å². The van der Waals surface area contributed by atoms with Crippen molar-refractivity contribution in [2.24, 2.45) is 5.92 Å². The number of fused-ring (bicyclic) bond motifs is 1. The predicted molar refractivity (Wildman–Crippen MR) is 132 cm³/mol. The molecule has 1 unspecified atom stereocenters. The third kappa shape index (κ3) is 4.15. The Morgan fingerprint density at radius 1 is 1.29 bits per heavy atom. The highest BCUT2D eigenvalue weighted by Gasteiger charge is 2.35. The van der Waals surface area contributed by atoms with E-state index in [1.54, 1.807) is 21.6 Å². The Hall–Kier alpha value is -2.19. The molecular weight excluding hydrogens is 428 g/mol. The van der Waals surface area contributed by atoms with E-state index in [0.29, 0.717) is 32.2 Å². The first-order valence-electron chi connectivity index (χ1n) is 10.8. The van der Waals surface area contributed by atoms with Crippen molar-refractivity contribution in [1.29, 1.82) is 0 Å². The molecule has 0 aliphatic carbocycles. The molecule has 0 spiro atoms. The second kappa shape index (κ2) is 8.74. The molecule has 2 aromatic rings. The Morgan fingerprint density at radius 3 is 2.68 bits per heavy atom. The van der Waals surface area contributed by atoms with Crippen LogP contribution in [0, 0.1) is 12.8 Å². The lowest BCUT2D eigenvalue weighted by atomic mass is 9.99. The molecule has 31 heavy (non-hydrogen) atoms. The molecule has 0 bridgehead atoms. The summed E-state index contributed by atoms with van der Waals surface area (Å²) < 4.78 is 2.12. The molecule has 1 atom stereocenters. The minimum absolute atomic E-state index is 0.0277. The molecular formula is C23H28N4O2S2. The van der Waals surface area contributed by atoms with Crippen molar-refractivity contribution in [2.75, 3.05) is 18.0 Å². The van der Waals surface area contributed by atoms with Gasteiger partial charge in [-0.2, -0.15) is 0 Å². The monoisotopic (exact) mass is 456 g/mol. The van der Waals surface area contributed by atoms with Gasteiger partial charge >= 0.3 is 0 Å². The molecule has 1 amide bonds. The van der Waals surface area contributed by atoms with Gasteiger partial charge in [-0.15, -0.1) is 0 Å². The van der Waals surface area contributed by atoms with Crippen LogP contribution in [0.3, 0.4) is 0 Å². The molecule has 0 aromatic carbocycles. The van der Waals surface area contributed by atoms with Gasteiger partial charge in [-0.3, -0.25) is 18.9 Å². The average molecular weight is 457 g/mol. The zero-order valence-corrected chi connectivity index (χ0v) is 20.1. The van der Waals surface area contributed by atoms with Crippen molar-refractivity contribution < 1.29 is 4.79 Å².